The predicted molar refractivity (Wildman–Crippen MR) is 74.7 cm³/mol. The van der Waals surface area contributed by atoms with Crippen LogP contribution >= 0.6 is 11.3 Å². The van der Waals surface area contributed by atoms with Crippen LogP contribution in [0.15, 0.2) is 24.3 Å². The van der Waals surface area contributed by atoms with Crippen molar-refractivity contribution in [2.24, 2.45) is 0 Å². The van der Waals surface area contributed by atoms with E-state index in [2.05, 4.69) is 29.1 Å². The van der Waals surface area contributed by atoms with Crippen LogP contribution in [-0.2, 0) is 0 Å². The zero-order valence-corrected chi connectivity index (χ0v) is 11.8. The smallest absolute Gasteiger partial charge is 0.234 e. The molecule has 0 fully saturated rings. The van der Waals surface area contributed by atoms with E-state index in [1.54, 1.807) is 18.4 Å². The Hall–Kier alpha value is -1.95. The van der Waals surface area contributed by atoms with E-state index in [4.69, 9.17) is 4.74 Å². The Bertz CT molecular complexity index is 699. The molecule has 0 spiro atoms. The highest BCUT2D eigenvalue weighted by Crippen LogP contribution is 2.26. The molecule has 98 valence electrons. The van der Waals surface area contributed by atoms with Gasteiger partial charge in [-0.05, 0) is 24.3 Å². The van der Waals surface area contributed by atoms with Gasteiger partial charge >= 0.3 is 0 Å². The highest BCUT2D eigenvalue weighted by Gasteiger charge is 2.14. The summed E-state index contributed by atoms with van der Waals surface area (Å²) in [6.07, 6.45) is 0. The second kappa shape index (κ2) is 4.62. The first-order valence-electron chi connectivity index (χ1n) is 6.05. The molecular formula is C13H14N4OS. The summed E-state index contributed by atoms with van der Waals surface area (Å²) in [6.45, 7) is 4.25. The van der Waals surface area contributed by atoms with Gasteiger partial charge in [-0.15, -0.1) is 10.2 Å². The van der Waals surface area contributed by atoms with Crippen LogP contribution in [-0.4, -0.2) is 26.9 Å². The average molecular weight is 274 g/mol. The highest BCUT2D eigenvalue weighted by molar-refractivity contribution is 7.16. The van der Waals surface area contributed by atoms with Gasteiger partial charge in [-0.25, -0.2) is 0 Å². The zero-order chi connectivity index (χ0) is 13.4. The van der Waals surface area contributed by atoms with E-state index in [1.165, 1.54) is 0 Å². The Morgan fingerprint density at radius 2 is 1.89 bits per heavy atom. The summed E-state index contributed by atoms with van der Waals surface area (Å²) in [5, 5.41) is 14.0. The SMILES string of the molecule is COc1ccc(-c2nnc3sc(C(C)C)nn23)cc1. The van der Waals surface area contributed by atoms with Gasteiger partial charge in [-0.2, -0.15) is 9.61 Å². The van der Waals surface area contributed by atoms with E-state index < -0.39 is 0 Å². The minimum absolute atomic E-state index is 0.399. The summed E-state index contributed by atoms with van der Waals surface area (Å²) in [5.41, 5.74) is 0.980. The molecule has 0 bridgehead atoms. The Labute approximate surface area is 114 Å². The molecule has 0 aliphatic rings. The predicted octanol–water partition coefficient (Wildman–Crippen LogP) is 2.98. The van der Waals surface area contributed by atoms with E-state index in [9.17, 15) is 0 Å². The number of methoxy groups -OCH3 is 1. The van der Waals surface area contributed by atoms with Crippen LogP contribution in [0.5, 0.6) is 5.75 Å². The van der Waals surface area contributed by atoms with E-state index in [-0.39, 0.29) is 0 Å². The molecule has 3 rings (SSSR count). The quantitative estimate of drug-likeness (QED) is 0.736. The molecule has 19 heavy (non-hydrogen) atoms. The van der Waals surface area contributed by atoms with Gasteiger partial charge in [0.1, 0.15) is 10.8 Å². The number of benzene rings is 1. The number of aromatic nitrogens is 4. The van der Waals surface area contributed by atoms with E-state index >= 15 is 0 Å². The lowest BCUT2D eigenvalue weighted by atomic mass is 10.2. The van der Waals surface area contributed by atoms with Gasteiger partial charge in [0.25, 0.3) is 0 Å². The molecule has 0 atom stereocenters. The molecule has 0 radical (unpaired) electrons. The third-order valence-corrected chi connectivity index (χ3v) is 4.05. The third-order valence-electron chi connectivity index (χ3n) is 2.85. The van der Waals surface area contributed by atoms with Crippen LogP contribution in [0.2, 0.25) is 0 Å². The number of fused-ring (bicyclic) bond motifs is 1. The van der Waals surface area contributed by atoms with Crippen molar-refractivity contribution in [1.82, 2.24) is 19.8 Å². The minimum Gasteiger partial charge on any atom is -0.497 e. The van der Waals surface area contributed by atoms with Gasteiger partial charge in [0.05, 0.1) is 7.11 Å². The van der Waals surface area contributed by atoms with Crippen LogP contribution in [0, 0.1) is 0 Å². The van der Waals surface area contributed by atoms with Crippen molar-refractivity contribution in [3.8, 4) is 17.1 Å². The largest absolute Gasteiger partial charge is 0.497 e. The normalized spacial score (nSPS) is 11.4. The maximum Gasteiger partial charge on any atom is 0.234 e. The first-order chi connectivity index (χ1) is 9.19. The monoisotopic (exact) mass is 274 g/mol. The van der Waals surface area contributed by atoms with Gasteiger partial charge in [-0.1, -0.05) is 25.2 Å². The molecule has 0 N–H and O–H groups in total. The van der Waals surface area contributed by atoms with Crippen molar-refractivity contribution in [3.63, 3.8) is 0 Å². The summed E-state index contributed by atoms with van der Waals surface area (Å²) in [6, 6.07) is 7.74. The molecule has 0 unspecified atom stereocenters. The van der Waals surface area contributed by atoms with Gasteiger partial charge in [0.2, 0.25) is 4.96 Å². The zero-order valence-electron chi connectivity index (χ0n) is 11.0. The standard InChI is InChI=1S/C13H14N4OS/c1-8(2)12-16-17-11(14-15-13(17)19-12)9-4-6-10(18-3)7-5-9/h4-8H,1-3H3. The molecule has 0 saturated heterocycles. The van der Waals surface area contributed by atoms with Crippen molar-refractivity contribution in [3.05, 3.63) is 29.3 Å². The number of ether oxygens (including phenoxy) is 1. The van der Waals surface area contributed by atoms with Crippen molar-refractivity contribution in [2.45, 2.75) is 19.8 Å². The van der Waals surface area contributed by atoms with Gasteiger partial charge in [0, 0.05) is 11.5 Å². The van der Waals surface area contributed by atoms with Crippen LogP contribution in [0.25, 0.3) is 16.3 Å². The molecule has 0 amide bonds. The fourth-order valence-electron chi connectivity index (χ4n) is 1.79. The molecule has 1 aromatic carbocycles. The Morgan fingerprint density at radius 3 is 2.53 bits per heavy atom. The summed E-state index contributed by atoms with van der Waals surface area (Å²) in [7, 11) is 1.65. The summed E-state index contributed by atoms with van der Waals surface area (Å²) >= 11 is 1.58. The summed E-state index contributed by atoms with van der Waals surface area (Å²) < 4.78 is 6.96. The molecule has 0 aliphatic heterocycles. The molecule has 2 aromatic heterocycles. The molecule has 0 aliphatic carbocycles. The minimum atomic E-state index is 0.399. The van der Waals surface area contributed by atoms with Gasteiger partial charge in [0.15, 0.2) is 5.82 Å². The van der Waals surface area contributed by atoms with Crippen molar-refractivity contribution < 1.29 is 4.74 Å². The number of hydrogen-bond donors (Lipinski definition) is 0. The topological polar surface area (TPSA) is 52.3 Å². The molecule has 6 heteroatoms. The van der Waals surface area contributed by atoms with Crippen molar-refractivity contribution >= 4 is 16.3 Å². The third kappa shape index (κ3) is 2.08. The lowest BCUT2D eigenvalue weighted by molar-refractivity contribution is 0.415. The average Bonchev–Trinajstić information content (AvgIpc) is 2.98. The highest BCUT2D eigenvalue weighted by atomic mass is 32.1. The lowest BCUT2D eigenvalue weighted by Crippen LogP contribution is -1.93. The van der Waals surface area contributed by atoms with Crippen molar-refractivity contribution in [2.75, 3.05) is 7.11 Å². The number of hydrogen-bond acceptors (Lipinski definition) is 5. The lowest BCUT2D eigenvalue weighted by Gasteiger charge is -2.01. The van der Waals surface area contributed by atoms with E-state index in [0.717, 1.165) is 27.1 Å². The second-order valence-corrected chi connectivity index (χ2v) is 5.53. The molecule has 0 saturated carbocycles. The second-order valence-electron chi connectivity index (χ2n) is 4.54. The number of nitrogens with zero attached hydrogens (tertiary/aromatic N) is 4. The molecule has 5 nitrogen and oxygen atoms in total. The summed E-state index contributed by atoms with van der Waals surface area (Å²) in [4.78, 5) is 0.828. The molecular weight excluding hydrogens is 260 g/mol. The van der Waals surface area contributed by atoms with E-state index in [0.29, 0.717) is 5.92 Å². The molecule has 2 heterocycles. The van der Waals surface area contributed by atoms with Gasteiger partial charge < -0.3 is 4.74 Å². The maximum absolute atomic E-state index is 5.15. The summed E-state index contributed by atoms with van der Waals surface area (Å²) in [5.74, 6) is 1.99. The Balaban J connectivity index is 2.08. The number of rotatable bonds is 3. The van der Waals surface area contributed by atoms with Crippen LogP contribution in [0.4, 0.5) is 0 Å². The molecule has 3 aromatic rings. The Morgan fingerprint density at radius 1 is 1.16 bits per heavy atom. The Kier molecular flexibility index (Phi) is 2.94. The first kappa shape index (κ1) is 12.1. The fourth-order valence-corrected chi connectivity index (χ4v) is 2.63. The van der Waals surface area contributed by atoms with Crippen molar-refractivity contribution in [1.29, 1.82) is 0 Å². The van der Waals surface area contributed by atoms with Crippen LogP contribution in [0.3, 0.4) is 0 Å². The first-order valence-corrected chi connectivity index (χ1v) is 6.87. The van der Waals surface area contributed by atoms with Gasteiger partial charge in [-0.3, -0.25) is 0 Å². The maximum atomic E-state index is 5.15. The van der Waals surface area contributed by atoms with Crippen LogP contribution in [0.1, 0.15) is 24.8 Å². The fraction of sp³-hybridized carbons (Fsp3) is 0.308. The van der Waals surface area contributed by atoms with E-state index in [1.807, 2.05) is 28.8 Å². The van der Waals surface area contributed by atoms with Crippen LogP contribution < -0.4 is 4.74 Å².